The Hall–Kier alpha value is -3.02. The summed E-state index contributed by atoms with van der Waals surface area (Å²) in [6, 6.07) is 10.9. The molecule has 1 atom stereocenters. The molecule has 1 heterocycles. The maximum absolute atomic E-state index is 14.4. The monoisotopic (exact) mass is 385 g/mol. The van der Waals surface area contributed by atoms with Gasteiger partial charge < -0.3 is 9.64 Å². The second kappa shape index (κ2) is 7.92. The number of allylic oxidation sites excluding steroid dienone is 1. The van der Waals surface area contributed by atoms with Crippen LogP contribution in [-0.2, 0) is 20.9 Å². The summed E-state index contributed by atoms with van der Waals surface area (Å²) in [4.78, 5) is 26.8. The second-order valence-electron chi connectivity index (χ2n) is 6.88. The number of carbonyl (C=O) groups is 2. The number of amides is 1. The number of aryl methyl sites for hydroxylation is 1. The Morgan fingerprint density at radius 3 is 2.43 bits per heavy atom. The smallest absolute Gasteiger partial charge is 0.336 e. The van der Waals surface area contributed by atoms with Crippen molar-refractivity contribution in [1.29, 1.82) is 0 Å². The zero-order chi connectivity index (χ0) is 20.4. The van der Waals surface area contributed by atoms with Gasteiger partial charge in [0, 0.05) is 24.1 Å². The van der Waals surface area contributed by atoms with E-state index in [4.69, 9.17) is 4.74 Å². The third-order valence-electron chi connectivity index (χ3n) is 5.03. The van der Waals surface area contributed by atoms with Crippen LogP contribution < -0.4 is 0 Å². The number of benzene rings is 2. The van der Waals surface area contributed by atoms with E-state index in [9.17, 15) is 18.4 Å². The molecule has 0 saturated carbocycles. The number of halogens is 2. The van der Waals surface area contributed by atoms with Crippen molar-refractivity contribution in [3.63, 3.8) is 0 Å². The molecule has 0 saturated heterocycles. The Morgan fingerprint density at radius 2 is 1.82 bits per heavy atom. The highest BCUT2D eigenvalue weighted by molar-refractivity contribution is 5.95. The quantitative estimate of drug-likeness (QED) is 0.740. The van der Waals surface area contributed by atoms with Crippen LogP contribution in [0.2, 0.25) is 0 Å². The minimum atomic E-state index is -0.824. The first-order chi connectivity index (χ1) is 13.3. The Labute approximate surface area is 162 Å². The van der Waals surface area contributed by atoms with Crippen molar-refractivity contribution in [3.05, 3.63) is 82.1 Å². The molecule has 28 heavy (non-hydrogen) atoms. The van der Waals surface area contributed by atoms with Crippen LogP contribution in [0.5, 0.6) is 0 Å². The molecule has 0 radical (unpaired) electrons. The lowest BCUT2D eigenvalue weighted by Crippen LogP contribution is -2.38. The number of nitrogens with zero attached hydrogens (tertiary/aromatic N) is 1. The van der Waals surface area contributed by atoms with Gasteiger partial charge in [0.05, 0.1) is 19.2 Å². The van der Waals surface area contributed by atoms with Crippen LogP contribution in [0, 0.1) is 18.6 Å². The molecular formula is C22H21F2NO3. The lowest BCUT2D eigenvalue weighted by atomic mass is 9.83. The first-order valence-corrected chi connectivity index (χ1v) is 8.91. The van der Waals surface area contributed by atoms with Gasteiger partial charge in [-0.25, -0.2) is 13.6 Å². The lowest BCUT2D eigenvalue weighted by molar-refractivity contribution is -0.138. The van der Waals surface area contributed by atoms with Crippen LogP contribution in [0.3, 0.4) is 0 Å². The highest BCUT2D eigenvalue weighted by atomic mass is 19.1. The van der Waals surface area contributed by atoms with Crippen LogP contribution in [0.1, 0.15) is 36.0 Å². The van der Waals surface area contributed by atoms with E-state index in [1.54, 1.807) is 6.92 Å². The van der Waals surface area contributed by atoms with Crippen molar-refractivity contribution < 1.29 is 23.1 Å². The van der Waals surface area contributed by atoms with E-state index in [1.165, 1.54) is 18.1 Å². The summed E-state index contributed by atoms with van der Waals surface area (Å²) in [7, 11) is 1.24. The number of rotatable bonds is 4. The summed E-state index contributed by atoms with van der Waals surface area (Å²) in [5.41, 5.74) is 2.73. The molecule has 1 aliphatic heterocycles. The van der Waals surface area contributed by atoms with Gasteiger partial charge in [-0.1, -0.05) is 35.9 Å². The fourth-order valence-corrected chi connectivity index (χ4v) is 3.50. The fraction of sp³-hybridized carbons (Fsp3) is 0.273. The molecule has 2 aromatic rings. The largest absolute Gasteiger partial charge is 0.466 e. The van der Waals surface area contributed by atoms with Gasteiger partial charge in [-0.2, -0.15) is 0 Å². The number of hydrogen-bond acceptors (Lipinski definition) is 3. The summed E-state index contributed by atoms with van der Waals surface area (Å²) >= 11 is 0. The van der Waals surface area contributed by atoms with Gasteiger partial charge in [-0.3, -0.25) is 4.79 Å². The van der Waals surface area contributed by atoms with Crippen molar-refractivity contribution in [2.45, 2.75) is 32.7 Å². The van der Waals surface area contributed by atoms with Gasteiger partial charge in [-0.05, 0) is 31.0 Å². The number of hydrogen-bond donors (Lipinski definition) is 0. The third kappa shape index (κ3) is 3.81. The fourth-order valence-electron chi connectivity index (χ4n) is 3.50. The standard InChI is InChI=1S/C22H21F2NO3/c1-13-4-6-15(7-5-13)12-25-14(2)21(22(27)28-3)18(11-20(25)26)17-9-8-16(23)10-19(17)24/h4-10,18H,11-12H2,1-3H3/t18-/m1/s1. The molecular weight excluding hydrogens is 364 g/mol. The molecule has 0 unspecified atom stereocenters. The van der Waals surface area contributed by atoms with E-state index >= 15 is 0 Å². The SMILES string of the molecule is COC(=O)C1=C(C)N(Cc2ccc(C)cc2)C(=O)C[C@@H]1c1ccc(F)cc1F. The third-order valence-corrected chi connectivity index (χ3v) is 5.03. The molecule has 0 bridgehead atoms. The van der Waals surface area contributed by atoms with E-state index < -0.39 is 23.5 Å². The number of methoxy groups -OCH3 is 1. The second-order valence-corrected chi connectivity index (χ2v) is 6.88. The average molecular weight is 385 g/mol. The summed E-state index contributed by atoms with van der Waals surface area (Å²) in [6.07, 6.45) is -0.101. The van der Waals surface area contributed by atoms with Gasteiger partial charge >= 0.3 is 5.97 Å². The number of esters is 1. The molecule has 0 fully saturated rings. The summed E-state index contributed by atoms with van der Waals surface area (Å²) in [6.45, 7) is 3.91. The van der Waals surface area contributed by atoms with Crippen molar-refractivity contribution >= 4 is 11.9 Å². The maximum Gasteiger partial charge on any atom is 0.336 e. The van der Waals surface area contributed by atoms with Crippen LogP contribution in [-0.4, -0.2) is 23.9 Å². The van der Waals surface area contributed by atoms with Gasteiger partial charge in [-0.15, -0.1) is 0 Å². The first kappa shape index (κ1) is 19.7. The zero-order valence-electron chi connectivity index (χ0n) is 16.0. The molecule has 2 aromatic carbocycles. The minimum Gasteiger partial charge on any atom is -0.466 e. The Bertz CT molecular complexity index is 951. The van der Waals surface area contributed by atoms with Crippen molar-refractivity contribution in [2.75, 3.05) is 7.11 Å². The Balaban J connectivity index is 2.04. The van der Waals surface area contributed by atoms with Crippen LogP contribution >= 0.6 is 0 Å². The van der Waals surface area contributed by atoms with E-state index in [0.717, 1.165) is 23.3 Å². The molecule has 3 rings (SSSR count). The number of carbonyl (C=O) groups excluding carboxylic acids is 2. The minimum absolute atomic E-state index is 0.101. The van der Waals surface area contributed by atoms with E-state index in [-0.39, 0.29) is 23.5 Å². The molecule has 0 spiro atoms. The molecule has 1 amide bonds. The average Bonchev–Trinajstić information content (AvgIpc) is 2.65. The summed E-state index contributed by atoms with van der Waals surface area (Å²) in [5.74, 6) is -3.20. The van der Waals surface area contributed by atoms with Crippen molar-refractivity contribution in [2.24, 2.45) is 0 Å². The normalized spacial score (nSPS) is 17.1. The van der Waals surface area contributed by atoms with Crippen LogP contribution in [0.15, 0.2) is 53.7 Å². The first-order valence-electron chi connectivity index (χ1n) is 8.91. The van der Waals surface area contributed by atoms with E-state index in [1.807, 2.05) is 31.2 Å². The van der Waals surface area contributed by atoms with Crippen molar-refractivity contribution in [1.82, 2.24) is 4.90 Å². The van der Waals surface area contributed by atoms with Crippen molar-refractivity contribution in [3.8, 4) is 0 Å². The Morgan fingerprint density at radius 1 is 1.14 bits per heavy atom. The molecule has 4 nitrogen and oxygen atoms in total. The van der Waals surface area contributed by atoms with Gasteiger partial charge in [0.2, 0.25) is 5.91 Å². The number of ether oxygens (including phenoxy) is 1. The van der Waals surface area contributed by atoms with Gasteiger partial charge in [0.25, 0.3) is 0 Å². The van der Waals surface area contributed by atoms with Gasteiger partial charge in [0.15, 0.2) is 0 Å². The molecule has 146 valence electrons. The highest BCUT2D eigenvalue weighted by Gasteiger charge is 2.37. The summed E-state index contributed by atoms with van der Waals surface area (Å²) in [5, 5.41) is 0. The lowest BCUT2D eigenvalue weighted by Gasteiger charge is -2.34. The highest BCUT2D eigenvalue weighted by Crippen LogP contribution is 2.38. The summed E-state index contributed by atoms with van der Waals surface area (Å²) < 4.78 is 32.6. The Kier molecular flexibility index (Phi) is 5.58. The molecule has 0 aliphatic carbocycles. The predicted octanol–water partition coefficient (Wildman–Crippen LogP) is 4.24. The van der Waals surface area contributed by atoms with Crippen LogP contribution in [0.25, 0.3) is 0 Å². The molecule has 0 aromatic heterocycles. The predicted molar refractivity (Wildman–Crippen MR) is 100 cm³/mol. The van der Waals surface area contributed by atoms with Crippen LogP contribution in [0.4, 0.5) is 8.78 Å². The van der Waals surface area contributed by atoms with E-state index in [0.29, 0.717) is 12.2 Å². The van der Waals surface area contributed by atoms with E-state index in [2.05, 4.69) is 0 Å². The van der Waals surface area contributed by atoms with Gasteiger partial charge in [0.1, 0.15) is 11.6 Å². The zero-order valence-corrected chi connectivity index (χ0v) is 16.0. The molecule has 1 aliphatic rings. The molecule has 0 N–H and O–H groups in total. The molecule has 6 heteroatoms. The maximum atomic E-state index is 14.4. The topological polar surface area (TPSA) is 46.6 Å².